The summed E-state index contributed by atoms with van der Waals surface area (Å²) in [5.41, 5.74) is 1.25. The summed E-state index contributed by atoms with van der Waals surface area (Å²) in [7, 11) is -3.57. The first-order chi connectivity index (χ1) is 12.9. The number of nitrogens with one attached hydrogen (secondary N) is 1. The first kappa shape index (κ1) is 18.9. The first-order valence-electron chi connectivity index (χ1n) is 9.59. The van der Waals surface area contributed by atoms with Gasteiger partial charge in [0.15, 0.2) is 6.29 Å². The van der Waals surface area contributed by atoms with Crippen LogP contribution in [0.2, 0.25) is 0 Å². The largest absolute Gasteiger partial charge is 0.350 e. The molecule has 1 amide bonds. The molecule has 27 heavy (non-hydrogen) atoms. The SMILES string of the molecule is Cc1ccc(S(=O)(=O)NC2CC2)cc1C(=O)N1CCC(C2OCCO2)CC1. The van der Waals surface area contributed by atoms with Crippen molar-refractivity contribution in [3.8, 4) is 0 Å². The molecule has 7 nitrogen and oxygen atoms in total. The lowest BCUT2D eigenvalue weighted by Gasteiger charge is -2.34. The molecule has 0 unspecified atom stereocenters. The second kappa shape index (κ2) is 7.50. The lowest BCUT2D eigenvalue weighted by molar-refractivity contribution is -0.0956. The highest BCUT2D eigenvalue weighted by atomic mass is 32.2. The Morgan fingerprint density at radius 1 is 1.11 bits per heavy atom. The Kier molecular flexibility index (Phi) is 5.24. The maximum absolute atomic E-state index is 13.0. The predicted molar refractivity (Wildman–Crippen MR) is 98.8 cm³/mol. The molecule has 148 valence electrons. The van der Waals surface area contributed by atoms with Gasteiger partial charge in [-0.25, -0.2) is 13.1 Å². The summed E-state index contributed by atoms with van der Waals surface area (Å²) in [6.45, 7) is 4.37. The Labute approximate surface area is 160 Å². The monoisotopic (exact) mass is 394 g/mol. The van der Waals surface area contributed by atoms with Gasteiger partial charge < -0.3 is 14.4 Å². The van der Waals surface area contributed by atoms with Crippen LogP contribution in [0.25, 0.3) is 0 Å². The zero-order valence-corrected chi connectivity index (χ0v) is 16.3. The smallest absolute Gasteiger partial charge is 0.254 e. The van der Waals surface area contributed by atoms with Crippen LogP contribution in [0, 0.1) is 12.8 Å². The number of carbonyl (C=O) groups excluding carboxylic acids is 1. The van der Waals surface area contributed by atoms with Crippen LogP contribution in [0.5, 0.6) is 0 Å². The average molecular weight is 394 g/mol. The average Bonchev–Trinajstić information content (AvgIpc) is 3.29. The van der Waals surface area contributed by atoms with E-state index < -0.39 is 10.0 Å². The van der Waals surface area contributed by atoms with E-state index in [-0.39, 0.29) is 23.1 Å². The fourth-order valence-electron chi connectivity index (χ4n) is 3.68. The third-order valence-electron chi connectivity index (χ3n) is 5.51. The van der Waals surface area contributed by atoms with Gasteiger partial charge in [-0.15, -0.1) is 0 Å². The second-order valence-corrected chi connectivity index (χ2v) is 9.33. The Morgan fingerprint density at radius 2 is 1.78 bits per heavy atom. The summed E-state index contributed by atoms with van der Waals surface area (Å²) in [5, 5.41) is 0. The molecule has 2 heterocycles. The van der Waals surface area contributed by atoms with Crippen LogP contribution in [0.15, 0.2) is 23.1 Å². The fourth-order valence-corrected chi connectivity index (χ4v) is 5.01. The molecule has 2 saturated heterocycles. The number of ether oxygens (including phenoxy) is 2. The lowest BCUT2D eigenvalue weighted by Crippen LogP contribution is -2.41. The van der Waals surface area contributed by atoms with Gasteiger partial charge in [0, 0.05) is 30.6 Å². The van der Waals surface area contributed by atoms with Gasteiger partial charge in [-0.2, -0.15) is 0 Å². The summed E-state index contributed by atoms with van der Waals surface area (Å²) in [6.07, 6.45) is 3.26. The highest BCUT2D eigenvalue weighted by Crippen LogP contribution is 2.28. The number of amides is 1. The molecule has 1 N–H and O–H groups in total. The summed E-state index contributed by atoms with van der Waals surface area (Å²) in [6, 6.07) is 4.83. The number of carbonyl (C=O) groups is 1. The topological polar surface area (TPSA) is 84.9 Å². The number of likely N-dealkylation sites (tertiary alicyclic amines) is 1. The highest BCUT2D eigenvalue weighted by molar-refractivity contribution is 7.89. The van der Waals surface area contributed by atoms with E-state index in [1.807, 2.05) is 6.92 Å². The van der Waals surface area contributed by atoms with Gasteiger partial charge in [0.05, 0.1) is 18.1 Å². The summed E-state index contributed by atoms with van der Waals surface area (Å²) in [5.74, 6) is 0.204. The third kappa shape index (κ3) is 4.18. The Bertz CT molecular complexity index is 807. The van der Waals surface area contributed by atoms with Gasteiger partial charge in [0.25, 0.3) is 5.91 Å². The van der Waals surface area contributed by atoms with Gasteiger partial charge in [0.2, 0.25) is 10.0 Å². The molecule has 4 rings (SSSR count). The maximum atomic E-state index is 13.0. The molecule has 1 aromatic rings. The number of piperidine rings is 1. The van der Waals surface area contributed by atoms with Crippen LogP contribution < -0.4 is 4.72 Å². The molecule has 3 aliphatic rings. The number of sulfonamides is 1. The molecule has 0 aromatic heterocycles. The molecular weight excluding hydrogens is 368 g/mol. The van der Waals surface area contributed by atoms with Crippen molar-refractivity contribution in [1.82, 2.24) is 9.62 Å². The predicted octanol–water partition coefficient (Wildman–Crippen LogP) is 1.66. The van der Waals surface area contributed by atoms with Gasteiger partial charge in [0.1, 0.15) is 0 Å². The summed E-state index contributed by atoms with van der Waals surface area (Å²) in [4.78, 5) is 15.0. The standard InChI is InChI=1S/C19H26N2O5S/c1-13-2-5-16(27(23,24)20-15-3-4-15)12-17(13)18(22)21-8-6-14(7-9-21)19-25-10-11-26-19/h2,5,12,14-15,19-20H,3-4,6-11H2,1H3. The number of benzene rings is 1. The fraction of sp³-hybridized carbons (Fsp3) is 0.632. The molecule has 0 radical (unpaired) electrons. The van der Waals surface area contributed by atoms with E-state index in [2.05, 4.69) is 4.72 Å². The minimum atomic E-state index is -3.57. The van der Waals surface area contributed by atoms with Crippen LogP contribution >= 0.6 is 0 Å². The molecule has 1 aromatic carbocycles. The summed E-state index contributed by atoms with van der Waals surface area (Å²) >= 11 is 0. The van der Waals surface area contributed by atoms with Crippen LogP contribution in [0.1, 0.15) is 41.6 Å². The van der Waals surface area contributed by atoms with Crippen molar-refractivity contribution in [2.75, 3.05) is 26.3 Å². The third-order valence-corrected chi connectivity index (χ3v) is 7.03. The van der Waals surface area contributed by atoms with Crippen molar-refractivity contribution < 1.29 is 22.7 Å². The van der Waals surface area contributed by atoms with Gasteiger partial charge >= 0.3 is 0 Å². The van der Waals surface area contributed by atoms with E-state index in [1.54, 1.807) is 17.0 Å². The minimum absolute atomic E-state index is 0.0366. The van der Waals surface area contributed by atoms with E-state index in [0.717, 1.165) is 31.2 Å². The Hall–Kier alpha value is -1.48. The van der Waals surface area contributed by atoms with Crippen LogP contribution in [0.4, 0.5) is 0 Å². The molecule has 8 heteroatoms. The molecule has 3 fully saturated rings. The molecule has 1 saturated carbocycles. The van der Waals surface area contributed by atoms with Gasteiger partial charge in [-0.05, 0) is 50.3 Å². The molecule has 0 spiro atoms. The minimum Gasteiger partial charge on any atom is -0.350 e. The number of rotatable bonds is 5. The normalized spacial score (nSPS) is 22.3. The molecule has 2 aliphatic heterocycles. The molecular formula is C19H26N2O5S. The van der Waals surface area contributed by atoms with E-state index >= 15 is 0 Å². The zero-order valence-electron chi connectivity index (χ0n) is 15.5. The lowest BCUT2D eigenvalue weighted by atomic mass is 9.95. The van der Waals surface area contributed by atoms with Crippen LogP contribution in [-0.4, -0.2) is 57.9 Å². The first-order valence-corrected chi connectivity index (χ1v) is 11.1. The molecule has 0 atom stereocenters. The van der Waals surface area contributed by atoms with E-state index in [4.69, 9.17) is 9.47 Å². The quantitative estimate of drug-likeness (QED) is 0.821. The van der Waals surface area contributed by atoms with Crippen molar-refractivity contribution in [3.63, 3.8) is 0 Å². The zero-order chi connectivity index (χ0) is 19.0. The van der Waals surface area contributed by atoms with Crippen LogP contribution in [0.3, 0.4) is 0 Å². The van der Waals surface area contributed by atoms with Gasteiger partial charge in [-0.1, -0.05) is 6.07 Å². The Balaban J connectivity index is 1.46. The molecule has 1 aliphatic carbocycles. The van der Waals surface area contributed by atoms with E-state index in [0.29, 0.717) is 37.8 Å². The van der Waals surface area contributed by atoms with Crippen molar-refractivity contribution in [1.29, 1.82) is 0 Å². The van der Waals surface area contributed by atoms with Crippen molar-refractivity contribution in [2.45, 2.75) is 49.8 Å². The Morgan fingerprint density at radius 3 is 2.41 bits per heavy atom. The molecule has 0 bridgehead atoms. The number of hydrogen-bond acceptors (Lipinski definition) is 5. The van der Waals surface area contributed by atoms with Crippen molar-refractivity contribution in [2.24, 2.45) is 5.92 Å². The second-order valence-electron chi connectivity index (χ2n) is 7.61. The highest BCUT2D eigenvalue weighted by Gasteiger charge is 2.33. The van der Waals surface area contributed by atoms with Crippen molar-refractivity contribution >= 4 is 15.9 Å². The number of aryl methyl sites for hydroxylation is 1. The number of nitrogens with zero attached hydrogens (tertiary/aromatic N) is 1. The van der Waals surface area contributed by atoms with E-state index in [9.17, 15) is 13.2 Å². The summed E-state index contributed by atoms with van der Waals surface area (Å²) < 4.78 is 38.8. The van der Waals surface area contributed by atoms with E-state index in [1.165, 1.54) is 6.07 Å². The van der Waals surface area contributed by atoms with Gasteiger partial charge in [-0.3, -0.25) is 4.79 Å². The number of hydrogen-bond donors (Lipinski definition) is 1. The van der Waals surface area contributed by atoms with Crippen LogP contribution in [-0.2, 0) is 19.5 Å². The maximum Gasteiger partial charge on any atom is 0.254 e. The van der Waals surface area contributed by atoms with Crippen molar-refractivity contribution in [3.05, 3.63) is 29.3 Å².